The van der Waals surface area contributed by atoms with Crippen molar-refractivity contribution >= 4 is 5.91 Å². The van der Waals surface area contributed by atoms with Crippen LogP contribution in [0.2, 0.25) is 0 Å². The molecular formula is C16H19FN4O3. The smallest absolute Gasteiger partial charge is 0.248 e. The number of hydrogen-bond acceptors (Lipinski definition) is 6. The number of nitrogens with zero attached hydrogens (tertiary/aromatic N) is 4. The van der Waals surface area contributed by atoms with Gasteiger partial charge in [-0.05, 0) is 18.6 Å². The van der Waals surface area contributed by atoms with Crippen molar-refractivity contribution in [3.8, 4) is 11.4 Å². The zero-order chi connectivity index (χ0) is 17.1. The highest BCUT2D eigenvalue weighted by atomic mass is 19.1. The number of amides is 1. The Hall–Kier alpha value is -2.32. The molecule has 1 fully saturated rings. The summed E-state index contributed by atoms with van der Waals surface area (Å²) in [7, 11) is 0. The van der Waals surface area contributed by atoms with Gasteiger partial charge in [0.2, 0.25) is 17.6 Å². The van der Waals surface area contributed by atoms with Gasteiger partial charge in [-0.15, -0.1) is 0 Å². The van der Waals surface area contributed by atoms with Crippen LogP contribution in [0.15, 0.2) is 22.7 Å². The second-order valence-electron chi connectivity index (χ2n) is 5.79. The third-order valence-electron chi connectivity index (χ3n) is 4.12. The number of aliphatic hydroxyl groups is 1. The minimum absolute atomic E-state index is 0.254. The summed E-state index contributed by atoms with van der Waals surface area (Å²) in [6.45, 7) is 4.17. The number of carbonyl (C=O) groups is 1. The number of rotatable bonds is 4. The van der Waals surface area contributed by atoms with E-state index in [1.807, 2.05) is 0 Å². The Bertz CT molecular complexity index is 726. The standard InChI is InChI=1S/C16H19FN4O3/c1-11-2-3-12(8-13(11)17)16-18-14(24-19-16)9-20-4-6-21(7-5-20)15(23)10-22/h2-3,8,22H,4-7,9-10H2,1H3. The first-order valence-corrected chi connectivity index (χ1v) is 7.77. The van der Waals surface area contributed by atoms with Gasteiger partial charge in [-0.1, -0.05) is 17.3 Å². The van der Waals surface area contributed by atoms with E-state index in [1.165, 1.54) is 6.07 Å². The van der Waals surface area contributed by atoms with E-state index in [1.54, 1.807) is 24.0 Å². The van der Waals surface area contributed by atoms with Crippen LogP contribution in [0.5, 0.6) is 0 Å². The third kappa shape index (κ3) is 3.60. The maximum absolute atomic E-state index is 13.6. The van der Waals surface area contributed by atoms with Crippen molar-refractivity contribution in [1.29, 1.82) is 0 Å². The maximum Gasteiger partial charge on any atom is 0.248 e. The summed E-state index contributed by atoms with van der Waals surface area (Å²) in [5.74, 6) is 0.255. The Morgan fingerprint density at radius 2 is 2.08 bits per heavy atom. The summed E-state index contributed by atoms with van der Waals surface area (Å²) >= 11 is 0. The van der Waals surface area contributed by atoms with Gasteiger partial charge in [-0.3, -0.25) is 9.69 Å². The lowest BCUT2D eigenvalue weighted by atomic mass is 10.1. The van der Waals surface area contributed by atoms with Crippen molar-refractivity contribution in [2.24, 2.45) is 0 Å². The van der Waals surface area contributed by atoms with Gasteiger partial charge in [0.25, 0.3) is 0 Å². The zero-order valence-electron chi connectivity index (χ0n) is 13.4. The lowest BCUT2D eigenvalue weighted by molar-refractivity contribution is -0.136. The molecule has 8 heteroatoms. The third-order valence-corrected chi connectivity index (χ3v) is 4.12. The molecule has 1 amide bonds. The molecule has 0 atom stereocenters. The molecule has 1 aliphatic heterocycles. The SMILES string of the molecule is Cc1ccc(-c2noc(CN3CCN(C(=O)CO)CC3)n2)cc1F. The van der Waals surface area contributed by atoms with Gasteiger partial charge in [-0.25, -0.2) is 4.39 Å². The molecule has 0 aliphatic carbocycles. The van der Waals surface area contributed by atoms with Crippen LogP contribution in [-0.4, -0.2) is 63.7 Å². The van der Waals surface area contributed by atoms with Crippen LogP contribution in [0.4, 0.5) is 4.39 Å². The number of hydrogen-bond donors (Lipinski definition) is 1. The largest absolute Gasteiger partial charge is 0.387 e. The van der Waals surface area contributed by atoms with E-state index >= 15 is 0 Å². The van der Waals surface area contributed by atoms with Crippen molar-refractivity contribution in [3.05, 3.63) is 35.5 Å². The summed E-state index contributed by atoms with van der Waals surface area (Å²) in [5.41, 5.74) is 1.14. The minimum Gasteiger partial charge on any atom is -0.387 e. The fourth-order valence-corrected chi connectivity index (χ4v) is 2.61. The monoisotopic (exact) mass is 334 g/mol. The van der Waals surface area contributed by atoms with E-state index in [9.17, 15) is 9.18 Å². The van der Waals surface area contributed by atoms with Crippen molar-refractivity contribution in [1.82, 2.24) is 19.9 Å². The molecule has 7 nitrogen and oxygen atoms in total. The van der Waals surface area contributed by atoms with Gasteiger partial charge in [0.1, 0.15) is 12.4 Å². The summed E-state index contributed by atoms with van der Waals surface area (Å²) in [6.07, 6.45) is 0. The summed E-state index contributed by atoms with van der Waals surface area (Å²) < 4.78 is 18.9. The molecule has 0 saturated carbocycles. The fourth-order valence-electron chi connectivity index (χ4n) is 2.61. The quantitative estimate of drug-likeness (QED) is 0.891. The normalized spacial score (nSPS) is 15.7. The van der Waals surface area contributed by atoms with Crippen LogP contribution in [0.25, 0.3) is 11.4 Å². The van der Waals surface area contributed by atoms with Crippen LogP contribution in [0.1, 0.15) is 11.5 Å². The molecule has 24 heavy (non-hydrogen) atoms. The minimum atomic E-state index is -0.458. The average Bonchev–Trinajstić information content (AvgIpc) is 3.06. The summed E-state index contributed by atoms with van der Waals surface area (Å²) in [5, 5.41) is 12.8. The van der Waals surface area contributed by atoms with Crippen molar-refractivity contribution in [2.45, 2.75) is 13.5 Å². The first-order chi connectivity index (χ1) is 11.6. The van der Waals surface area contributed by atoms with Crippen LogP contribution < -0.4 is 0 Å². The lowest BCUT2D eigenvalue weighted by Gasteiger charge is -2.33. The average molecular weight is 334 g/mol. The molecule has 0 spiro atoms. The Morgan fingerprint density at radius 3 is 2.75 bits per heavy atom. The molecule has 1 aromatic carbocycles. The fraction of sp³-hybridized carbons (Fsp3) is 0.438. The number of benzene rings is 1. The Balaban J connectivity index is 1.61. The molecule has 1 aliphatic rings. The number of halogens is 1. The molecule has 1 saturated heterocycles. The highest BCUT2D eigenvalue weighted by Gasteiger charge is 2.22. The number of aromatic nitrogens is 2. The Morgan fingerprint density at radius 1 is 1.33 bits per heavy atom. The molecule has 3 rings (SSSR count). The molecule has 2 heterocycles. The predicted molar refractivity (Wildman–Crippen MR) is 83.4 cm³/mol. The number of carbonyl (C=O) groups excluding carboxylic acids is 1. The van der Waals surface area contributed by atoms with E-state index in [2.05, 4.69) is 15.0 Å². The molecule has 0 radical (unpaired) electrons. The number of aryl methyl sites for hydroxylation is 1. The zero-order valence-corrected chi connectivity index (χ0v) is 13.4. The van der Waals surface area contributed by atoms with Gasteiger partial charge in [0, 0.05) is 31.7 Å². The number of piperazine rings is 1. The van der Waals surface area contributed by atoms with Gasteiger partial charge in [0.15, 0.2) is 0 Å². The van der Waals surface area contributed by atoms with Crippen LogP contribution in [0, 0.1) is 12.7 Å². The van der Waals surface area contributed by atoms with E-state index < -0.39 is 6.61 Å². The van der Waals surface area contributed by atoms with Crippen LogP contribution in [0.3, 0.4) is 0 Å². The predicted octanol–water partition coefficient (Wildman–Crippen LogP) is 0.821. The van der Waals surface area contributed by atoms with Crippen molar-refractivity contribution in [2.75, 3.05) is 32.8 Å². The second kappa shape index (κ2) is 7.06. The van der Waals surface area contributed by atoms with E-state index in [4.69, 9.17) is 9.63 Å². The van der Waals surface area contributed by atoms with Gasteiger partial charge < -0.3 is 14.5 Å². The van der Waals surface area contributed by atoms with E-state index in [-0.39, 0.29) is 11.7 Å². The molecule has 128 valence electrons. The highest BCUT2D eigenvalue weighted by molar-refractivity contribution is 5.77. The van der Waals surface area contributed by atoms with E-state index in [0.29, 0.717) is 55.6 Å². The molecule has 0 bridgehead atoms. The summed E-state index contributed by atoms with van der Waals surface area (Å²) in [4.78, 5) is 19.5. The van der Waals surface area contributed by atoms with E-state index in [0.717, 1.165) is 0 Å². The van der Waals surface area contributed by atoms with Crippen molar-refractivity contribution < 1.29 is 18.8 Å². The van der Waals surface area contributed by atoms with Gasteiger partial charge in [-0.2, -0.15) is 4.98 Å². The summed E-state index contributed by atoms with van der Waals surface area (Å²) in [6, 6.07) is 4.83. The van der Waals surface area contributed by atoms with Gasteiger partial charge >= 0.3 is 0 Å². The highest BCUT2D eigenvalue weighted by Crippen LogP contribution is 2.19. The van der Waals surface area contributed by atoms with Gasteiger partial charge in [0.05, 0.1) is 6.54 Å². The molecular weight excluding hydrogens is 315 g/mol. The maximum atomic E-state index is 13.6. The second-order valence-corrected chi connectivity index (χ2v) is 5.79. The van der Waals surface area contributed by atoms with Crippen LogP contribution in [-0.2, 0) is 11.3 Å². The first-order valence-electron chi connectivity index (χ1n) is 7.77. The molecule has 2 aromatic rings. The Kier molecular flexibility index (Phi) is 4.86. The Labute approximate surface area is 138 Å². The first kappa shape index (κ1) is 16.5. The molecule has 0 unspecified atom stereocenters. The molecule has 1 aromatic heterocycles. The van der Waals surface area contributed by atoms with Crippen LogP contribution >= 0.6 is 0 Å². The van der Waals surface area contributed by atoms with Crippen molar-refractivity contribution in [3.63, 3.8) is 0 Å². The molecule has 1 N–H and O–H groups in total. The lowest BCUT2D eigenvalue weighted by Crippen LogP contribution is -2.49. The topological polar surface area (TPSA) is 82.7 Å². The number of aliphatic hydroxyl groups excluding tert-OH is 1.